The smallest absolute Gasteiger partial charge is 0.279 e. The van der Waals surface area contributed by atoms with E-state index in [1.54, 1.807) is 11.8 Å². The Labute approximate surface area is 149 Å². The van der Waals surface area contributed by atoms with Crippen molar-refractivity contribution in [1.82, 2.24) is 9.55 Å². The Morgan fingerprint density at radius 2 is 2.00 bits per heavy atom. The Morgan fingerprint density at radius 1 is 1.29 bits per heavy atom. The fraction of sp³-hybridized carbons (Fsp3) is 0.353. The monoisotopic (exact) mass is 361 g/mol. The summed E-state index contributed by atoms with van der Waals surface area (Å²) in [7, 11) is 1.84. The second kappa shape index (κ2) is 7.03. The van der Waals surface area contributed by atoms with E-state index < -0.39 is 0 Å². The molecular formula is C17H19N3O2S2. The van der Waals surface area contributed by atoms with E-state index in [2.05, 4.69) is 10.3 Å². The second-order valence-corrected chi connectivity index (χ2v) is 7.64. The van der Waals surface area contributed by atoms with Gasteiger partial charge in [0.1, 0.15) is 5.82 Å². The van der Waals surface area contributed by atoms with E-state index in [4.69, 9.17) is 0 Å². The van der Waals surface area contributed by atoms with Gasteiger partial charge in [0.2, 0.25) is 5.91 Å². The van der Waals surface area contributed by atoms with Gasteiger partial charge in [-0.1, -0.05) is 30.8 Å². The molecule has 0 radical (unpaired) electrons. The molecule has 1 atom stereocenters. The van der Waals surface area contributed by atoms with Crippen molar-refractivity contribution in [3.63, 3.8) is 0 Å². The normalized spacial score (nSPS) is 16.6. The van der Waals surface area contributed by atoms with E-state index >= 15 is 0 Å². The van der Waals surface area contributed by atoms with Crippen molar-refractivity contribution in [3.8, 4) is 0 Å². The highest BCUT2D eigenvalue weighted by Gasteiger charge is 2.31. The third-order valence-electron chi connectivity index (χ3n) is 4.09. The van der Waals surface area contributed by atoms with Crippen molar-refractivity contribution in [1.29, 1.82) is 0 Å². The number of hydrogen-bond donors (Lipinski definition) is 1. The lowest BCUT2D eigenvalue weighted by molar-refractivity contribution is -0.116. The van der Waals surface area contributed by atoms with Crippen LogP contribution in [-0.2, 0) is 11.8 Å². The molecule has 24 heavy (non-hydrogen) atoms. The Morgan fingerprint density at radius 3 is 2.62 bits per heavy atom. The van der Waals surface area contributed by atoms with Gasteiger partial charge in [-0.15, -0.1) is 11.8 Å². The van der Waals surface area contributed by atoms with Crippen LogP contribution in [0.1, 0.15) is 30.4 Å². The summed E-state index contributed by atoms with van der Waals surface area (Å²) < 4.78 is 1.81. The molecular weight excluding hydrogens is 342 g/mol. The van der Waals surface area contributed by atoms with Crippen molar-refractivity contribution < 1.29 is 4.79 Å². The summed E-state index contributed by atoms with van der Waals surface area (Å²) >= 11 is 3.15. The Hall–Kier alpha value is -1.73. The molecule has 0 saturated heterocycles. The number of rotatable bonds is 4. The first-order valence-electron chi connectivity index (χ1n) is 7.72. The largest absolute Gasteiger partial charge is 0.312 e. The minimum absolute atomic E-state index is 0.0740. The molecule has 1 unspecified atom stereocenters. The molecule has 5 nitrogen and oxygen atoms in total. The van der Waals surface area contributed by atoms with Gasteiger partial charge in [0.25, 0.3) is 5.56 Å². The van der Waals surface area contributed by atoms with Gasteiger partial charge in [-0.25, -0.2) is 0 Å². The first-order valence-corrected chi connectivity index (χ1v) is 9.93. The Kier molecular flexibility index (Phi) is 5.01. The van der Waals surface area contributed by atoms with Crippen LogP contribution in [0.5, 0.6) is 0 Å². The second-order valence-electron chi connectivity index (χ2n) is 5.53. The summed E-state index contributed by atoms with van der Waals surface area (Å²) in [5.41, 5.74) is 1.30. The number of fused-ring (bicyclic) bond motifs is 1. The maximum atomic E-state index is 12.6. The van der Waals surface area contributed by atoms with Crippen molar-refractivity contribution in [2.75, 3.05) is 17.3 Å². The SMILES string of the molecule is CCSc1nc(=O)c2c(n1C)NC(=O)CC2c1ccc(SC)cc1. The lowest BCUT2D eigenvalue weighted by Gasteiger charge is -2.27. The number of aromatic nitrogens is 2. The number of thioether (sulfide) groups is 2. The van der Waals surface area contributed by atoms with Crippen LogP contribution in [-0.4, -0.2) is 27.5 Å². The summed E-state index contributed by atoms with van der Waals surface area (Å²) in [6, 6.07) is 8.02. The van der Waals surface area contributed by atoms with Crippen LogP contribution >= 0.6 is 23.5 Å². The van der Waals surface area contributed by atoms with Gasteiger partial charge in [0.15, 0.2) is 5.16 Å². The quantitative estimate of drug-likeness (QED) is 0.670. The van der Waals surface area contributed by atoms with E-state index in [-0.39, 0.29) is 23.8 Å². The molecule has 0 bridgehead atoms. The molecule has 0 spiro atoms. The molecule has 1 amide bonds. The summed E-state index contributed by atoms with van der Waals surface area (Å²) in [4.78, 5) is 30.2. The van der Waals surface area contributed by atoms with Gasteiger partial charge in [-0.2, -0.15) is 4.98 Å². The van der Waals surface area contributed by atoms with Gasteiger partial charge >= 0.3 is 0 Å². The van der Waals surface area contributed by atoms with E-state index in [1.807, 2.05) is 49.1 Å². The maximum absolute atomic E-state index is 12.6. The summed E-state index contributed by atoms with van der Waals surface area (Å²) in [6.07, 6.45) is 2.29. The molecule has 1 aliphatic heterocycles. The highest BCUT2D eigenvalue weighted by Crippen LogP contribution is 2.36. The zero-order chi connectivity index (χ0) is 17.3. The van der Waals surface area contributed by atoms with Crippen LogP contribution in [0.4, 0.5) is 5.82 Å². The van der Waals surface area contributed by atoms with E-state index in [1.165, 1.54) is 11.8 Å². The van der Waals surface area contributed by atoms with E-state index in [9.17, 15) is 9.59 Å². The van der Waals surface area contributed by atoms with E-state index in [0.29, 0.717) is 16.5 Å². The average molecular weight is 361 g/mol. The molecule has 1 aliphatic rings. The number of hydrogen-bond acceptors (Lipinski definition) is 5. The van der Waals surface area contributed by atoms with Crippen LogP contribution in [0.3, 0.4) is 0 Å². The van der Waals surface area contributed by atoms with Crippen molar-refractivity contribution in [2.24, 2.45) is 7.05 Å². The van der Waals surface area contributed by atoms with Crippen LogP contribution in [0.25, 0.3) is 0 Å². The molecule has 1 aromatic heterocycles. The van der Waals surface area contributed by atoms with Gasteiger partial charge < -0.3 is 9.88 Å². The van der Waals surface area contributed by atoms with Crippen molar-refractivity contribution in [3.05, 3.63) is 45.7 Å². The van der Waals surface area contributed by atoms with Crippen LogP contribution in [0.15, 0.2) is 39.1 Å². The van der Waals surface area contributed by atoms with Gasteiger partial charge in [0, 0.05) is 24.3 Å². The predicted octanol–water partition coefficient (Wildman–Crippen LogP) is 3.09. The number of anilines is 1. The number of nitrogens with zero attached hydrogens (tertiary/aromatic N) is 2. The fourth-order valence-electron chi connectivity index (χ4n) is 2.91. The van der Waals surface area contributed by atoms with Crippen LogP contribution < -0.4 is 10.9 Å². The van der Waals surface area contributed by atoms with Gasteiger partial charge in [-0.3, -0.25) is 9.59 Å². The summed E-state index contributed by atoms with van der Waals surface area (Å²) in [5, 5.41) is 3.48. The summed E-state index contributed by atoms with van der Waals surface area (Å²) in [6.45, 7) is 2.00. The zero-order valence-corrected chi connectivity index (χ0v) is 15.5. The van der Waals surface area contributed by atoms with Crippen molar-refractivity contribution >= 4 is 35.2 Å². The number of carbonyl (C=O) groups is 1. The Balaban J connectivity index is 2.13. The minimum atomic E-state index is -0.253. The molecule has 1 aromatic carbocycles. The van der Waals surface area contributed by atoms with Crippen LogP contribution in [0, 0.1) is 0 Å². The topological polar surface area (TPSA) is 64.0 Å². The van der Waals surface area contributed by atoms with Crippen LogP contribution in [0.2, 0.25) is 0 Å². The minimum Gasteiger partial charge on any atom is -0.312 e. The van der Waals surface area contributed by atoms with Gasteiger partial charge in [0.05, 0.1) is 5.56 Å². The average Bonchev–Trinajstić information content (AvgIpc) is 2.59. The first kappa shape index (κ1) is 17.1. The maximum Gasteiger partial charge on any atom is 0.279 e. The Bertz CT molecular complexity index is 831. The molecule has 7 heteroatoms. The third kappa shape index (κ3) is 3.10. The molecule has 2 heterocycles. The predicted molar refractivity (Wildman–Crippen MR) is 99.2 cm³/mol. The first-order chi connectivity index (χ1) is 11.5. The molecule has 3 rings (SSSR count). The number of carbonyl (C=O) groups excluding carboxylic acids is 1. The van der Waals surface area contributed by atoms with Crippen molar-refractivity contribution in [2.45, 2.75) is 29.3 Å². The van der Waals surface area contributed by atoms with Gasteiger partial charge in [-0.05, 0) is 29.7 Å². The zero-order valence-electron chi connectivity index (χ0n) is 13.8. The molecule has 0 saturated carbocycles. The molecule has 0 fully saturated rings. The standard InChI is InChI=1S/C17H19N3O2S2/c1-4-24-17-19-16(22)14-12(9-13(21)18-15(14)20(17)2)10-5-7-11(23-3)8-6-10/h5-8,12H,4,9H2,1-3H3,(H,18,21). The lowest BCUT2D eigenvalue weighted by Crippen LogP contribution is -2.33. The molecule has 1 N–H and O–H groups in total. The number of benzene rings is 1. The molecule has 126 valence electrons. The summed E-state index contributed by atoms with van der Waals surface area (Å²) in [5.74, 6) is 1.06. The lowest BCUT2D eigenvalue weighted by atomic mass is 9.87. The van der Waals surface area contributed by atoms with E-state index in [0.717, 1.165) is 16.2 Å². The highest BCUT2D eigenvalue weighted by molar-refractivity contribution is 7.99. The highest BCUT2D eigenvalue weighted by atomic mass is 32.2. The number of amides is 1. The third-order valence-corrected chi connectivity index (χ3v) is 5.75. The molecule has 2 aromatic rings. The number of nitrogens with one attached hydrogen (secondary N) is 1. The fourth-order valence-corrected chi connectivity index (χ4v) is 4.01. The molecule has 0 aliphatic carbocycles.